The van der Waals surface area contributed by atoms with Crippen LogP contribution in [0.1, 0.15) is 59.8 Å². The quantitative estimate of drug-likeness (QED) is 0.513. The molecule has 1 N–H and O–H groups in total. The second kappa shape index (κ2) is 10.6. The summed E-state index contributed by atoms with van der Waals surface area (Å²) in [5, 5.41) is 2.95. The van der Waals surface area contributed by atoms with Crippen LogP contribution in [0, 0.1) is 5.82 Å². The molecule has 2 aliphatic rings. The minimum absolute atomic E-state index is 0.129. The summed E-state index contributed by atoms with van der Waals surface area (Å²) in [7, 11) is 0. The highest BCUT2D eigenvalue weighted by Gasteiger charge is 2.48. The Morgan fingerprint density at radius 3 is 2.81 bits per heavy atom. The molecule has 1 saturated heterocycles. The molecule has 0 radical (unpaired) electrons. The second-order valence-corrected chi connectivity index (χ2v) is 9.51. The maximum absolute atomic E-state index is 13.8. The molecule has 8 nitrogen and oxygen atoms in total. The molecule has 2 fully saturated rings. The number of amides is 2. The van der Waals surface area contributed by atoms with Crippen LogP contribution >= 0.6 is 0 Å². The summed E-state index contributed by atoms with van der Waals surface area (Å²) in [6.07, 6.45) is 10.9. The average molecular weight is 493 g/mol. The van der Waals surface area contributed by atoms with E-state index in [9.17, 15) is 14.0 Å². The Morgan fingerprint density at radius 2 is 2.08 bits per heavy atom. The van der Waals surface area contributed by atoms with Gasteiger partial charge in [-0.2, -0.15) is 0 Å². The number of hydrogen-bond donors (Lipinski definition) is 1. The Bertz CT molecular complexity index is 1180. The van der Waals surface area contributed by atoms with Crippen LogP contribution < -0.4 is 5.32 Å². The molecule has 1 aliphatic carbocycles. The maximum atomic E-state index is 13.8. The van der Waals surface area contributed by atoms with Gasteiger partial charge in [-0.25, -0.2) is 9.37 Å². The Labute approximate surface area is 208 Å². The van der Waals surface area contributed by atoms with Gasteiger partial charge in [0.2, 0.25) is 5.91 Å². The van der Waals surface area contributed by atoms with Crippen LogP contribution in [0.5, 0.6) is 0 Å². The normalized spacial score (nSPS) is 19.3. The predicted molar refractivity (Wildman–Crippen MR) is 128 cm³/mol. The molecule has 2 aromatic heterocycles. The number of nitrogens with zero attached hydrogens (tertiary/aromatic N) is 3. The van der Waals surface area contributed by atoms with Crippen molar-refractivity contribution in [3.63, 3.8) is 0 Å². The lowest BCUT2D eigenvalue weighted by molar-refractivity contribution is -0.126. The summed E-state index contributed by atoms with van der Waals surface area (Å²) in [5.41, 5.74) is 1.24. The van der Waals surface area contributed by atoms with E-state index in [0.29, 0.717) is 25.0 Å². The molecule has 2 unspecified atom stereocenters. The van der Waals surface area contributed by atoms with E-state index < -0.39 is 11.9 Å². The van der Waals surface area contributed by atoms with Crippen molar-refractivity contribution in [2.45, 2.75) is 56.2 Å². The zero-order chi connectivity index (χ0) is 25.0. The standard InChI is InChI=1S/C27H29FN4O4/c28-21-7-3-5-19(13-21)8-12-30-25(33)24(20-6-4-11-29-15-20)32(26(34)23-17-35-18-31-23)22-14-27(36-16-22)9-1-2-10-27/h3-7,11,13,15,17-18,22,24H,1-2,8-10,12,14,16H2,(H,30,33). The van der Waals surface area contributed by atoms with Gasteiger partial charge in [0.1, 0.15) is 18.1 Å². The van der Waals surface area contributed by atoms with E-state index in [2.05, 4.69) is 15.3 Å². The van der Waals surface area contributed by atoms with Crippen molar-refractivity contribution in [2.24, 2.45) is 0 Å². The third-order valence-corrected chi connectivity index (χ3v) is 7.11. The Kier molecular flexibility index (Phi) is 7.09. The third kappa shape index (κ3) is 5.16. The van der Waals surface area contributed by atoms with E-state index in [4.69, 9.17) is 9.15 Å². The van der Waals surface area contributed by atoms with Gasteiger partial charge in [0, 0.05) is 24.5 Å². The molecule has 2 atom stereocenters. The first kappa shape index (κ1) is 24.1. The summed E-state index contributed by atoms with van der Waals surface area (Å²) in [4.78, 5) is 37.3. The lowest BCUT2D eigenvalue weighted by Gasteiger charge is -2.35. The SMILES string of the molecule is O=C(NCCc1cccc(F)c1)C(c1cccnc1)N(C(=O)c1cocn1)C1COC2(CCCC2)C1. The minimum atomic E-state index is -0.944. The van der Waals surface area contributed by atoms with Gasteiger partial charge < -0.3 is 19.4 Å². The van der Waals surface area contributed by atoms with Crippen LogP contribution in [-0.2, 0) is 16.0 Å². The van der Waals surface area contributed by atoms with Gasteiger partial charge in [0.15, 0.2) is 12.1 Å². The molecule has 1 spiro atoms. The number of rotatable bonds is 8. The minimum Gasteiger partial charge on any atom is -0.451 e. The Balaban J connectivity index is 1.43. The predicted octanol–water partition coefficient (Wildman–Crippen LogP) is 3.85. The largest absolute Gasteiger partial charge is 0.451 e. The number of oxazole rings is 1. The molecule has 0 bridgehead atoms. The van der Waals surface area contributed by atoms with Crippen molar-refractivity contribution in [2.75, 3.05) is 13.2 Å². The summed E-state index contributed by atoms with van der Waals surface area (Å²) in [6.45, 7) is 0.632. The van der Waals surface area contributed by atoms with Gasteiger partial charge in [-0.1, -0.05) is 31.0 Å². The van der Waals surface area contributed by atoms with Crippen molar-refractivity contribution in [3.8, 4) is 0 Å². The van der Waals surface area contributed by atoms with E-state index >= 15 is 0 Å². The molecule has 5 rings (SSSR count). The summed E-state index contributed by atoms with van der Waals surface area (Å²) in [5.74, 6) is -1.07. The first-order chi connectivity index (χ1) is 17.5. The molecule has 3 heterocycles. The fraction of sp³-hybridized carbons (Fsp3) is 0.407. The fourth-order valence-corrected chi connectivity index (χ4v) is 5.41. The number of nitrogens with one attached hydrogen (secondary N) is 1. The number of pyridine rings is 1. The molecule has 1 aliphatic heterocycles. The van der Waals surface area contributed by atoms with Crippen LogP contribution in [0.15, 0.2) is 65.9 Å². The van der Waals surface area contributed by atoms with Gasteiger partial charge in [-0.3, -0.25) is 14.6 Å². The van der Waals surface area contributed by atoms with Gasteiger partial charge >= 0.3 is 0 Å². The zero-order valence-electron chi connectivity index (χ0n) is 19.9. The van der Waals surface area contributed by atoms with Crippen molar-refractivity contribution < 1.29 is 23.1 Å². The molecular weight excluding hydrogens is 463 g/mol. The van der Waals surface area contributed by atoms with Crippen LogP contribution in [0.2, 0.25) is 0 Å². The Morgan fingerprint density at radius 1 is 1.22 bits per heavy atom. The van der Waals surface area contributed by atoms with Crippen molar-refractivity contribution >= 4 is 11.8 Å². The molecule has 188 valence electrons. The average Bonchev–Trinajstić information content (AvgIpc) is 3.66. The lowest BCUT2D eigenvalue weighted by atomic mass is 9.93. The number of carbonyl (C=O) groups is 2. The summed E-state index contributed by atoms with van der Waals surface area (Å²) < 4.78 is 24.9. The summed E-state index contributed by atoms with van der Waals surface area (Å²) >= 11 is 0. The number of ether oxygens (including phenoxy) is 1. The molecule has 2 amide bonds. The van der Waals surface area contributed by atoms with Gasteiger partial charge in [-0.15, -0.1) is 0 Å². The number of hydrogen-bond acceptors (Lipinski definition) is 6. The van der Waals surface area contributed by atoms with Crippen molar-refractivity contribution in [3.05, 3.63) is 84.1 Å². The highest BCUT2D eigenvalue weighted by atomic mass is 19.1. The van der Waals surface area contributed by atoms with E-state index in [1.165, 1.54) is 24.8 Å². The second-order valence-electron chi connectivity index (χ2n) is 9.51. The maximum Gasteiger partial charge on any atom is 0.277 e. The van der Waals surface area contributed by atoms with Gasteiger partial charge in [-0.05, 0) is 49.4 Å². The van der Waals surface area contributed by atoms with Gasteiger partial charge in [0.05, 0.1) is 18.2 Å². The third-order valence-electron chi connectivity index (χ3n) is 7.11. The zero-order valence-corrected chi connectivity index (χ0v) is 19.9. The lowest BCUT2D eigenvalue weighted by Crippen LogP contribution is -2.50. The van der Waals surface area contributed by atoms with E-state index in [1.54, 1.807) is 35.5 Å². The monoisotopic (exact) mass is 492 g/mol. The van der Waals surface area contributed by atoms with Crippen LogP contribution in [0.3, 0.4) is 0 Å². The molecule has 1 saturated carbocycles. The number of aromatic nitrogens is 2. The van der Waals surface area contributed by atoms with Crippen LogP contribution in [0.4, 0.5) is 4.39 Å². The topological polar surface area (TPSA) is 97.6 Å². The first-order valence-corrected chi connectivity index (χ1v) is 12.3. The highest BCUT2D eigenvalue weighted by Crippen LogP contribution is 2.43. The van der Waals surface area contributed by atoms with Gasteiger partial charge in [0.25, 0.3) is 5.91 Å². The molecule has 36 heavy (non-hydrogen) atoms. The van der Waals surface area contributed by atoms with Crippen LogP contribution in [-0.4, -0.2) is 51.5 Å². The molecular formula is C27H29FN4O4. The van der Waals surface area contributed by atoms with Crippen LogP contribution in [0.25, 0.3) is 0 Å². The molecule has 9 heteroatoms. The van der Waals surface area contributed by atoms with Crippen molar-refractivity contribution in [1.29, 1.82) is 0 Å². The summed E-state index contributed by atoms with van der Waals surface area (Å²) in [6, 6.07) is 8.55. The first-order valence-electron chi connectivity index (χ1n) is 12.3. The fourth-order valence-electron chi connectivity index (χ4n) is 5.41. The highest BCUT2D eigenvalue weighted by molar-refractivity contribution is 5.96. The molecule has 3 aromatic rings. The number of carbonyl (C=O) groups excluding carboxylic acids is 2. The van der Waals surface area contributed by atoms with E-state index in [-0.39, 0.29) is 35.6 Å². The molecule has 1 aromatic carbocycles. The number of halogens is 1. The number of benzene rings is 1. The smallest absolute Gasteiger partial charge is 0.277 e. The van der Waals surface area contributed by atoms with E-state index in [0.717, 1.165) is 31.2 Å². The Hall–Kier alpha value is -3.59. The van der Waals surface area contributed by atoms with Crippen molar-refractivity contribution in [1.82, 2.24) is 20.2 Å². The van der Waals surface area contributed by atoms with E-state index in [1.807, 2.05) is 6.07 Å².